The van der Waals surface area contributed by atoms with Crippen LogP contribution in [0.25, 0.3) is 0 Å². The van der Waals surface area contributed by atoms with Crippen LogP contribution in [0, 0.1) is 0 Å². The summed E-state index contributed by atoms with van der Waals surface area (Å²) in [5, 5.41) is 2.97. The zero-order chi connectivity index (χ0) is 20.6. The second kappa shape index (κ2) is 10.1. The molecule has 0 atom stereocenters. The van der Waals surface area contributed by atoms with E-state index in [1.54, 1.807) is 17.0 Å². The first-order chi connectivity index (χ1) is 14.1. The Balaban J connectivity index is 1.39. The van der Waals surface area contributed by atoms with Crippen LogP contribution >= 0.6 is 0 Å². The van der Waals surface area contributed by atoms with Crippen molar-refractivity contribution < 1.29 is 14.0 Å². The van der Waals surface area contributed by atoms with Gasteiger partial charge in [0, 0.05) is 63.6 Å². The van der Waals surface area contributed by atoms with Gasteiger partial charge in [0.1, 0.15) is 0 Å². The number of carbonyl (C=O) groups excluding carboxylic acids is 2. The number of hydrogen-bond acceptors (Lipinski definition) is 5. The van der Waals surface area contributed by atoms with Crippen LogP contribution in [-0.4, -0.2) is 67.4 Å². The Labute approximate surface area is 172 Å². The molecule has 1 aliphatic rings. The number of hydrogen-bond donors (Lipinski definition) is 1. The van der Waals surface area contributed by atoms with Gasteiger partial charge >= 0.3 is 0 Å². The van der Waals surface area contributed by atoms with Gasteiger partial charge < -0.3 is 19.5 Å². The van der Waals surface area contributed by atoms with Crippen LogP contribution < -0.4 is 10.2 Å². The number of nitrogens with one attached hydrogen (secondary N) is 1. The minimum atomic E-state index is -0.0689. The van der Waals surface area contributed by atoms with Crippen molar-refractivity contribution in [3.8, 4) is 0 Å². The minimum absolute atomic E-state index is 0.00896. The zero-order valence-corrected chi connectivity index (χ0v) is 17.3. The van der Waals surface area contributed by atoms with Crippen LogP contribution in [-0.2, 0) is 4.79 Å². The van der Waals surface area contributed by atoms with E-state index in [-0.39, 0.29) is 11.8 Å². The van der Waals surface area contributed by atoms with Crippen molar-refractivity contribution in [3.63, 3.8) is 0 Å². The van der Waals surface area contributed by atoms with Gasteiger partial charge in [-0.05, 0) is 50.2 Å². The Bertz CT molecular complexity index is 777. The first-order valence-corrected chi connectivity index (χ1v) is 10.3. The van der Waals surface area contributed by atoms with E-state index in [4.69, 9.17) is 4.42 Å². The summed E-state index contributed by atoms with van der Waals surface area (Å²) < 4.78 is 5.18. The van der Waals surface area contributed by atoms with E-state index in [0.717, 1.165) is 37.6 Å². The molecule has 7 heteroatoms. The number of nitrogens with zero attached hydrogens (tertiary/aromatic N) is 3. The van der Waals surface area contributed by atoms with Crippen LogP contribution in [0.2, 0.25) is 0 Å². The van der Waals surface area contributed by atoms with Crippen LogP contribution in [0.3, 0.4) is 0 Å². The molecule has 2 heterocycles. The Morgan fingerprint density at radius 3 is 2.31 bits per heavy atom. The predicted molar refractivity (Wildman–Crippen MR) is 114 cm³/mol. The van der Waals surface area contributed by atoms with Crippen molar-refractivity contribution in [2.24, 2.45) is 0 Å². The summed E-state index contributed by atoms with van der Waals surface area (Å²) in [6.07, 6.45) is 1.95. The molecule has 7 nitrogen and oxygen atoms in total. The highest BCUT2D eigenvalue weighted by Gasteiger charge is 2.23. The molecule has 2 aromatic rings. The molecule has 1 fully saturated rings. The van der Waals surface area contributed by atoms with E-state index in [9.17, 15) is 9.59 Å². The minimum Gasteiger partial charge on any atom is -0.459 e. The molecular formula is C22H30N4O3. The van der Waals surface area contributed by atoms with E-state index in [1.807, 2.05) is 24.3 Å². The predicted octanol–water partition coefficient (Wildman–Crippen LogP) is 2.91. The van der Waals surface area contributed by atoms with Gasteiger partial charge in [-0.1, -0.05) is 0 Å². The summed E-state index contributed by atoms with van der Waals surface area (Å²) in [5.41, 5.74) is 1.98. The summed E-state index contributed by atoms with van der Waals surface area (Å²) in [4.78, 5) is 30.9. The van der Waals surface area contributed by atoms with Crippen LogP contribution in [0.5, 0.6) is 0 Å². The van der Waals surface area contributed by atoms with Gasteiger partial charge in [-0.25, -0.2) is 0 Å². The molecule has 1 N–H and O–H groups in total. The molecule has 0 unspecified atom stereocenters. The Kier molecular flexibility index (Phi) is 7.30. The molecule has 0 aliphatic carbocycles. The highest BCUT2D eigenvalue weighted by atomic mass is 16.3. The molecule has 0 bridgehead atoms. The number of benzene rings is 1. The summed E-state index contributed by atoms with van der Waals surface area (Å²) >= 11 is 0. The maximum Gasteiger partial charge on any atom is 0.289 e. The van der Waals surface area contributed by atoms with Crippen molar-refractivity contribution >= 4 is 23.2 Å². The number of furan rings is 1. The number of anilines is 2. The van der Waals surface area contributed by atoms with E-state index >= 15 is 0 Å². The number of rotatable bonds is 8. The summed E-state index contributed by atoms with van der Waals surface area (Å²) in [6, 6.07) is 11.4. The third-order valence-corrected chi connectivity index (χ3v) is 5.33. The highest BCUT2D eigenvalue weighted by molar-refractivity contribution is 5.92. The molecule has 1 aromatic heterocycles. The van der Waals surface area contributed by atoms with Gasteiger partial charge in [-0.2, -0.15) is 0 Å². The average Bonchev–Trinajstić information content (AvgIpc) is 3.29. The fourth-order valence-electron chi connectivity index (χ4n) is 3.56. The van der Waals surface area contributed by atoms with Gasteiger partial charge in [0.05, 0.1) is 6.26 Å². The second-order valence-electron chi connectivity index (χ2n) is 7.13. The molecule has 1 aromatic carbocycles. The van der Waals surface area contributed by atoms with Crippen molar-refractivity contribution in [2.75, 3.05) is 56.0 Å². The van der Waals surface area contributed by atoms with E-state index in [2.05, 4.69) is 29.0 Å². The molecule has 1 aliphatic heterocycles. The van der Waals surface area contributed by atoms with Crippen molar-refractivity contribution in [1.82, 2.24) is 9.80 Å². The topological polar surface area (TPSA) is 69.0 Å². The zero-order valence-electron chi connectivity index (χ0n) is 17.3. The molecule has 0 spiro atoms. The third-order valence-electron chi connectivity index (χ3n) is 5.33. The molecular weight excluding hydrogens is 368 g/mol. The SMILES string of the molecule is CCN(CC)c1ccc(NC(=O)CCN2CCN(C(=O)c3ccco3)CC2)cc1. The van der Waals surface area contributed by atoms with Crippen molar-refractivity contribution in [1.29, 1.82) is 0 Å². The van der Waals surface area contributed by atoms with Crippen molar-refractivity contribution in [2.45, 2.75) is 20.3 Å². The summed E-state index contributed by atoms with van der Waals surface area (Å²) in [6.45, 7) is 9.69. The van der Waals surface area contributed by atoms with Crippen LogP contribution in [0.1, 0.15) is 30.8 Å². The molecule has 29 heavy (non-hydrogen) atoms. The molecule has 2 amide bonds. The third kappa shape index (κ3) is 5.60. The lowest BCUT2D eigenvalue weighted by Gasteiger charge is -2.34. The largest absolute Gasteiger partial charge is 0.459 e. The Hall–Kier alpha value is -2.80. The molecule has 3 rings (SSSR count). The quantitative estimate of drug-likeness (QED) is 0.740. The fourth-order valence-corrected chi connectivity index (χ4v) is 3.56. The normalized spacial score (nSPS) is 14.6. The Morgan fingerprint density at radius 2 is 1.72 bits per heavy atom. The first-order valence-electron chi connectivity index (χ1n) is 10.3. The second-order valence-corrected chi connectivity index (χ2v) is 7.13. The van der Waals surface area contributed by atoms with Crippen LogP contribution in [0.4, 0.5) is 11.4 Å². The maximum atomic E-state index is 12.3. The van der Waals surface area contributed by atoms with Gasteiger partial charge in [0.25, 0.3) is 5.91 Å². The van der Waals surface area contributed by atoms with E-state index < -0.39 is 0 Å². The molecule has 0 saturated carbocycles. The van der Waals surface area contributed by atoms with E-state index in [1.165, 1.54) is 6.26 Å². The monoisotopic (exact) mass is 398 g/mol. The van der Waals surface area contributed by atoms with Gasteiger partial charge in [0.2, 0.25) is 5.91 Å². The van der Waals surface area contributed by atoms with Crippen molar-refractivity contribution in [3.05, 3.63) is 48.4 Å². The lowest BCUT2D eigenvalue weighted by atomic mass is 10.2. The number of amides is 2. The fraction of sp³-hybridized carbons (Fsp3) is 0.455. The molecule has 1 saturated heterocycles. The average molecular weight is 399 g/mol. The summed E-state index contributed by atoms with van der Waals surface area (Å²) in [7, 11) is 0. The highest BCUT2D eigenvalue weighted by Crippen LogP contribution is 2.18. The maximum absolute atomic E-state index is 12.3. The molecule has 156 valence electrons. The smallest absolute Gasteiger partial charge is 0.289 e. The lowest BCUT2D eigenvalue weighted by Crippen LogP contribution is -2.49. The standard InChI is InChI=1S/C22H30N4O3/c1-3-25(4-2)19-9-7-18(8-10-19)23-21(27)11-12-24-13-15-26(16-14-24)22(28)20-6-5-17-29-20/h5-10,17H,3-4,11-16H2,1-2H3,(H,23,27). The number of carbonyl (C=O) groups is 2. The Morgan fingerprint density at radius 1 is 1.03 bits per heavy atom. The summed E-state index contributed by atoms with van der Waals surface area (Å²) in [5.74, 6) is 0.320. The molecule has 0 radical (unpaired) electrons. The van der Waals surface area contributed by atoms with E-state index in [0.29, 0.717) is 31.8 Å². The van der Waals surface area contributed by atoms with Gasteiger partial charge in [0.15, 0.2) is 5.76 Å². The number of piperazine rings is 1. The van der Waals surface area contributed by atoms with Crippen LogP contribution in [0.15, 0.2) is 47.1 Å². The van der Waals surface area contributed by atoms with Gasteiger partial charge in [-0.15, -0.1) is 0 Å². The first kappa shape index (κ1) is 20.9. The van der Waals surface area contributed by atoms with Gasteiger partial charge in [-0.3, -0.25) is 14.5 Å². The lowest BCUT2D eigenvalue weighted by molar-refractivity contribution is -0.116.